The van der Waals surface area contributed by atoms with Gasteiger partial charge in [-0.2, -0.15) is 0 Å². The Bertz CT molecular complexity index is 157. The Morgan fingerprint density at radius 1 is 1.23 bits per heavy atom. The lowest BCUT2D eigenvalue weighted by Crippen LogP contribution is -2.37. The third-order valence-electron chi connectivity index (χ3n) is 2.40. The van der Waals surface area contributed by atoms with Crippen molar-refractivity contribution in [2.75, 3.05) is 27.2 Å². The molecule has 78 valence electrons. The second kappa shape index (κ2) is 5.97. The lowest BCUT2D eigenvalue weighted by atomic mass is 10.3. The Kier molecular flexibility index (Phi) is 5.71. The van der Waals surface area contributed by atoms with Gasteiger partial charge < -0.3 is 9.80 Å². The lowest BCUT2D eigenvalue weighted by Gasteiger charge is -2.24. The van der Waals surface area contributed by atoms with Crippen LogP contribution in [-0.4, -0.2) is 48.9 Å². The molecule has 13 heavy (non-hydrogen) atoms. The predicted molar refractivity (Wildman–Crippen MR) is 55.7 cm³/mol. The second-order valence-corrected chi connectivity index (χ2v) is 3.74. The number of carbonyl (C=O) groups is 1. The Labute approximate surface area is 81.7 Å². The molecule has 0 aromatic rings. The Balaban J connectivity index is 3.69. The third kappa shape index (κ3) is 4.88. The quantitative estimate of drug-likeness (QED) is 0.644. The zero-order valence-corrected chi connectivity index (χ0v) is 9.50. The van der Waals surface area contributed by atoms with Gasteiger partial charge in [-0.1, -0.05) is 6.92 Å². The van der Waals surface area contributed by atoms with Gasteiger partial charge in [0.15, 0.2) is 0 Å². The molecular formula is C10H22N2O. The molecule has 0 saturated carbocycles. The van der Waals surface area contributed by atoms with E-state index in [-0.39, 0.29) is 5.91 Å². The molecule has 0 fully saturated rings. The van der Waals surface area contributed by atoms with Crippen LogP contribution in [0.4, 0.5) is 0 Å². The van der Waals surface area contributed by atoms with Gasteiger partial charge in [0.05, 0.1) is 0 Å². The molecule has 0 aliphatic rings. The van der Waals surface area contributed by atoms with E-state index in [1.807, 2.05) is 14.0 Å². The standard InChI is InChI=1S/C10H22N2O/c1-6-10(13)12(5)8-7-11(4)9(2)3/h9H,6-8H2,1-5H3. The molecule has 0 aromatic carbocycles. The molecule has 0 aliphatic heterocycles. The summed E-state index contributed by atoms with van der Waals surface area (Å²) < 4.78 is 0. The van der Waals surface area contributed by atoms with Gasteiger partial charge in [-0.25, -0.2) is 0 Å². The van der Waals surface area contributed by atoms with Crippen molar-refractivity contribution >= 4 is 5.91 Å². The van der Waals surface area contributed by atoms with E-state index < -0.39 is 0 Å². The molecular weight excluding hydrogens is 164 g/mol. The van der Waals surface area contributed by atoms with Crippen LogP contribution in [0.1, 0.15) is 27.2 Å². The second-order valence-electron chi connectivity index (χ2n) is 3.74. The van der Waals surface area contributed by atoms with Crippen LogP contribution >= 0.6 is 0 Å². The van der Waals surface area contributed by atoms with Crippen LogP contribution < -0.4 is 0 Å². The molecule has 0 N–H and O–H groups in total. The van der Waals surface area contributed by atoms with Crippen LogP contribution in [0.15, 0.2) is 0 Å². The van der Waals surface area contributed by atoms with Crippen molar-refractivity contribution in [1.82, 2.24) is 9.80 Å². The van der Waals surface area contributed by atoms with Crippen LogP contribution in [0.2, 0.25) is 0 Å². The van der Waals surface area contributed by atoms with E-state index in [0.717, 1.165) is 13.1 Å². The summed E-state index contributed by atoms with van der Waals surface area (Å²) in [5, 5.41) is 0. The van der Waals surface area contributed by atoms with E-state index in [9.17, 15) is 4.79 Å². The molecule has 0 saturated heterocycles. The van der Waals surface area contributed by atoms with Crippen molar-refractivity contribution < 1.29 is 4.79 Å². The maximum atomic E-state index is 11.2. The van der Waals surface area contributed by atoms with E-state index in [2.05, 4.69) is 25.8 Å². The van der Waals surface area contributed by atoms with Gasteiger partial charge in [-0.15, -0.1) is 0 Å². The summed E-state index contributed by atoms with van der Waals surface area (Å²) in [7, 11) is 3.94. The number of hydrogen-bond donors (Lipinski definition) is 0. The molecule has 0 rings (SSSR count). The summed E-state index contributed by atoms with van der Waals surface area (Å²) in [6.07, 6.45) is 0.599. The Hall–Kier alpha value is -0.570. The molecule has 1 amide bonds. The molecule has 0 radical (unpaired) electrons. The monoisotopic (exact) mass is 186 g/mol. The first-order valence-electron chi connectivity index (χ1n) is 4.93. The van der Waals surface area contributed by atoms with Crippen LogP contribution in [0.5, 0.6) is 0 Å². The Morgan fingerprint density at radius 3 is 2.15 bits per heavy atom. The lowest BCUT2D eigenvalue weighted by molar-refractivity contribution is -0.129. The van der Waals surface area contributed by atoms with E-state index in [1.165, 1.54) is 0 Å². The minimum absolute atomic E-state index is 0.220. The summed E-state index contributed by atoms with van der Waals surface area (Å²) >= 11 is 0. The van der Waals surface area contributed by atoms with Crippen LogP contribution in [0.3, 0.4) is 0 Å². The summed E-state index contributed by atoms with van der Waals surface area (Å²) in [4.78, 5) is 15.2. The topological polar surface area (TPSA) is 23.6 Å². The number of nitrogens with zero attached hydrogens (tertiary/aromatic N) is 2. The number of hydrogen-bond acceptors (Lipinski definition) is 2. The fourth-order valence-electron chi connectivity index (χ4n) is 0.961. The van der Waals surface area contributed by atoms with E-state index in [0.29, 0.717) is 12.5 Å². The third-order valence-corrected chi connectivity index (χ3v) is 2.40. The van der Waals surface area contributed by atoms with Gasteiger partial charge in [-0.3, -0.25) is 4.79 Å². The van der Waals surface area contributed by atoms with Crippen LogP contribution in [0.25, 0.3) is 0 Å². The summed E-state index contributed by atoms with van der Waals surface area (Å²) in [5.74, 6) is 0.220. The van der Waals surface area contributed by atoms with Gasteiger partial charge in [0.2, 0.25) is 5.91 Å². The zero-order chi connectivity index (χ0) is 10.4. The van der Waals surface area contributed by atoms with Crippen LogP contribution in [-0.2, 0) is 4.79 Å². The summed E-state index contributed by atoms with van der Waals surface area (Å²) in [6.45, 7) is 7.97. The number of amides is 1. The number of carbonyl (C=O) groups excluding carboxylic acids is 1. The van der Waals surface area contributed by atoms with Crippen molar-refractivity contribution in [3.05, 3.63) is 0 Å². The van der Waals surface area contributed by atoms with E-state index in [4.69, 9.17) is 0 Å². The number of rotatable bonds is 5. The fraction of sp³-hybridized carbons (Fsp3) is 0.900. The van der Waals surface area contributed by atoms with Crippen molar-refractivity contribution in [3.8, 4) is 0 Å². The smallest absolute Gasteiger partial charge is 0.222 e. The largest absolute Gasteiger partial charge is 0.344 e. The molecule has 0 spiro atoms. The zero-order valence-electron chi connectivity index (χ0n) is 9.50. The van der Waals surface area contributed by atoms with Crippen LogP contribution in [0, 0.1) is 0 Å². The molecule has 0 atom stereocenters. The van der Waals surface area contributed by atoms with Crippen molar-refractivity contribution in [2.24, 2.45) is 0 Å². The maximum absolute atomic E-state index is 11.2. The van der Waals surface area contributed by atoms with Gasteiger partial charge in [0, 0.05) is 32.6 Å². The SMILES string of the molecule is CCC(=O)N(C)CCN(C)C(C)C. The highest BCUT2D eigenvalue weighted by Gasteiger charge is 2.08. The molecule has 0 unspecified atom stereocenters. The molecule has 0 bridgehead atoms. The van der Waals surface area contributed by atoms with E-state index >= 15 is 0 Å². The summed E-state index contributed by atoms with van der Waals surface area (Å²) in [5.41, 5.74) is 0. The minimum Gasteiger partial charge on any atom is -0.344 e. The maximum Gasteiger partial charge on any atom is 0.222 e. The van der Waals surface area contributed by atoms with E-state index in [1.54, 1.807) is 4.90 Å². The molecule has 0 aliphatic carbocycles. The minimum atomic E-state index is 0.220. The first-order chi connectivity index (χ1) is 5.99. The van der Waals surface area contributed by atoms with Gasteiger partial charge in [-0.05, 0) is 20.9 Å². The highest BCUT2D eigenvalue weighted by atomic mass is 16.2. The van der Waals surface area contributed by atoms with Gasteiger partial charge in [0.25, 0.3) is 0 Å². The Morgan fingerprint density at radius 2 is 1.77 bits per heavy atom. The predicted octanol–water partition coefficient (Wildman–Crippen LogP) is 1.19. The first kappa shape index (κ1) is 12.4. The number of likely N-dealkylation sites (N-methyl/N-ethyl adjacent to an activating group) is 2. The molecule has 3 heteroatoms. The normalized spacial score (nSPS) is 11.0. The van der Waals surface area contributed by atoms with Gasteiger partial charge >= 0.3 is 0 Å². The van der Waals surface area contributed by atoms with Crippen molar-refractivity contribution in [1.29, 1.82) is 0 Å². The highest BCUT2D eigenvalue weighted by Crippen LogP contribution is 1.95. The summed E-state index contributed by atoms with van der Waals surface area (Å²) in [6, 6.07) is 0.546. The highest BCUT2D eigenvalue weighted by molar-refractivity contribution is 5.75. The average Bonchev–Trinajstić information content (AvgIpc) is 2.11. The van der Waals surface area contributed by atoms with Crippen molar-refractivity contribution in [2.45, 2.75) is 33.2 Å². The fourth-order valence-corrected chi connectivity index (χ4v) is 0.961. The first-order valence-corrected chi connectivity index (χ1v) is 4.93. The molecule has 0 aromatic heterocycles. The average molecular weight is 186 g/mol. The van der Waals surface area contributed by atoms with Gasteiger partial charge in [0.1, 0.15) is 0 Å². The molecule has 3 nitrogen and oxygen atoms in total. The van der Waals surface area contributed by atoms with Crippen molar-refractivity contribution in [3.63, 3.8) is 0 Å². The molecule has 0 heterocycles.